The molecule has 0 amide bonds. The fourth-order valence-corrected chi connectivity index (χ4v) is 0.660. The second kappa shape index (κ2) is 3.83. The van der Waals surface area contributed by atoms with Crippen molar-refractivity contribution in [2.24, 2.45) is 0 Å². The van der Waals surface area contributed by atoms with E-state index in [1.54, 1.807) is 0 Å². The molecule has 1 rings (SSSR count). The lowest BCUT2D eigenvalue weighted by molar-refractivity contribution is -0.0563. The van der Waals surface area contributed by atoms with Gasteiger partial charge >= 0.3 is 12.6 Å². The first-order valence-electron chi connectivity index (χ1n) is 3.25. The molecule has 0 saturated heterocycles. The number of rotatable bonds is 3. The molecule has 0 aliphatic rings. The molecule has 0 aliphatic carbocycles. The topological polar surface area (TPSA) is 70.3 Å². The van der Waals surface area contributed by atoms with Crippen molar-refractivity contribution in [1.29, 1.82) is 0 Å². The Balaban J connectivity index is 2.86. The van der Waals surface area contributed by atoms with Crippen molar-refractivity contribution in [2.45, 2.75) is 6.61 Å². The summed E-state index contributed by atoms with van der Waals surface area (Å²) < 4.78 is 32.0. The molecule has 72 valence electrons. The summed E-state index contributed by atoms with van der Waals surface area (Å²) in [5.74, 6) is 0.00523. The van der Waals surface area contributed by atoms with Gasteiger partial charge in [0.15, 0.2) is 0 Å². The fourth-order valence-electron chi connectivity index (χ4n) is 0.660. The van der Waals surface area contributed by atoms with E-state index in [0.29, 0.717) is 0 Å². The number of anilines is 1. The van der Waals surface area contributed by atoms with Gasteiger partial charge < -0.3 is 15.2 Å². The van der Waals surface area contributed by atoms with Crippen molar-refractivity contribution >= 4 is 5.69 Å². The highest BCUT2D eigenvalue weighted by atomic mass is 19.3. The van der Waals surface area contributed by atoms with Gasteiger partial charge in [0.25, 0.3) is 0 Å². The summed E-state index contributed by atoms with van der Waals surface area (Å²) in [6.07, 6.45) is 1.13. The molecule has 0 fully saturated rings. The van der Waals surface area contributed by atoms with E-state index in [4.69, 9.17) is 5.73 Å². The van der Waals surface area contributed by atoms with Crippen LogP contribution in [-0.4, -0.2) is 23.7 Å². The van der Waals surface area contributed by atoms with Gasteiger partial charge in [-0.05, 0) is 0 Å². The van der Waals surface area contributed by atoms with E-state index in [1.807, 2.05) is 0 Å². The first-order valence-corrected chi connectivity index (χ1v) is 3.25. The standard InChI is InChI=1S/C6H7F2N3O2/c1-12-4-3(9)2-10-6(11-4)13-5(7)8/h2,5H,9H2,1H3. The minimum absolute atomic E-state index is 0.00523. The molecule has 2 N–H and O–H groups in total. The molecule has 0 aromatic carbocycles. The number of halogens is 2. The number of nitrogen functional groups attached to an aromatic ring is 1. The van der Waals surface area contributed by atoms with Crippen LogP contribution < -0.4 is 15.2 Å². The quantitative estimate of drug-likeness (QED) is 0.760. The molecule has 0 spiro atoms. The van der Waals surface area contributed by atoms with Crippen LogP contribution in [-0.2, 0) is 0 Å². The third kappa shape index (κ3) is 2.39. The smallest absolute Gasteiger partial charge is 0.389 e. The van der Waals surface area contributed by atoms with Gasteiger partial charge in [-0.2, -0.15) is 13.8 Å². The van der Waals surface area contributed by atoms with Gasteiger partial charge in [0.05, 0.1) is 13.3 Å². The van der Waals surface area contributed by atoms with Gasteiger partial charge in [0, 0.05) is 0 Å². The zero-order chi connectivity index (χ0) is 9.84. The summed E-state index contributed by atoms with van der Waals surface area (Å²) >= 11 is 0. The highest BCUT2D eigenvalue weighted by molar-refractivity contribution is 5.45. The second-order valence-electron chi connectivity index (χ2n) is 2.00. The number of nitrogens with zero attached hydrogens (tertiary/aromatic N) is 2. The molecule has 0 aliphatic heterocycles. The van der Waals surface area contributed by atoms with Crippen LogP contribution in [0.2, 0.25) is 0 Å². The Hall–Kier alpha value is -1.66. The van der Waals surface area contributed by atoms with Gasteiger partial charge in [0.1, 0.15) is 5.69 Å². The molecule has 0 radical (unpaired) electrons. The lowest BCUT2D eigenvalue weighted by Gasteiger charge is -2.05. The fraction of sp³-hybridized carbons (Fsp3) is 0.333. The first kappa shape index (κ1) is 9.43. The Kier molecular flexibility index (Phi) is 2.78. The summed E-state index contributed by atoms with van der Waals surface area (Å²) in [4.78, 5) is 6.88. The van der Waals surface area contributed by atoms with Gasteiger partial charge in [-0.3, -0.25) is 0 Å². The van der Waals surface area contributed by atoms with Crippen LogP contribution in [0.15, 0.2) is 6.20 Å². The van der Waals surface area contributed by atoms with E-state index in [0.717, 1.165) is 6.20 Å². The summed E-state index contributed by atoms with van der Waals surface area (Å²) in [7, 11) is 1.31. The molecule has 1 aromatic rings. The number of aromatic nitrogens is 2. The molecular formula is C6H7F2N3O2. The Morgan fingerprint density at radius 3 is 2.77 bits per heavy atom. The summed E-state index contributed by atoms with van der Waals surface area (Å²) in [5, 5.41) is 0. The van der Waals surface area contributed by atoms with E-state index in [2.05, 4.69) is 19.4 Å². The molecule has 0 atom stereocenters. The normalized spacial score (nSPS) is 10.2. The molecule has 1 aromatic heterocycles. The Bertz CT molecular complexity index is 295. The van der Waals surface area contributed by atoms with Gasteiger partial charge in [-0.25, -0.2) is 4.98 Å². The van der Waals surface area contributed by atoms with Crippen LogP contribution in [0.25, 0.3) is 0 Å². The zero-order valence-corrected chi connectivity index (χ0v) is 6.70. The van der Waals surface area contributed by atoms with Crippen LogP contribution in [0.5, 0.6) is 11.9 Å². The predicted molar refractivity (Wildman–Crippen MR) is 39.6 cm³/mol. The summed E-state index contributed by atoms with van der Waals surface area (Å²) in [5.41, 5.74) is 5.49. The van der Waals surface area contributed by atoms with Gasteiger partial charge in [0.2, 0.25) is 5.88 Å². The molecule has 7 heteroatoms. The van der Waals surface area contributed by atoms with Crippen LogP contribution in [0.1, 0.15) is 0 Å². The number of hydrogen-bond donors (Lipinski definition) is 1. The highest BCUT2D eigenvalue weighted by Gasteiger charge is 2.09. The summed E-state index contributed by atoms with van der Waals surface area (Å²) in [6, 6.07) is -0.471. The van der Waals surface area contributed by atoms with Crippen LogP contribution in [0.4, 0.5) is 14.5 Å². The number of hydrogen-bond acceptors (Lipinski definition) is 5. The maximum absolute atomic E-state index is 11.7. The minimum atomic E-state index is -2.96. The maximum atomic E-state index is 11.7. The molecule has 0 unspecified atom stereocenters. The molecule has 0 bridgehead atoms. The Labute approximate surface area is 72.5 Å². The molecule has 1 heterocycles. The maximum Gasteiger partial charge on any atom is 0.389 e. The predicted octanol–water partition coefficient (Wildman–Crippen LogP) is 0.669. The SMILES string of the molecule is COc1nc(OC(F)F)ncc1N. The average Bonchev–Trinajstić information content (AvgIpc) is 2.07. The van der Waals surface area contributed by atoms with E-state index < -0.39 is 12.6 Å². The van der Waals surface area contributed by atoms with E-state index >= 15 is 0 Å². The van der Waals surface area contributed by atoms with Crippen molar-refractivity contribution < 1.29 is 18.3 Å². The largest absolute Gasteiger partial charge is 0.479 e. The monoisotopic (exact) mass is 191 g/mol. The van der Waals surface area contributed by atoms with Crippen molar-refractivity contribution in [2.75, 3.05) is 12.8 Å². The van der Waals surface area contributed by atoms with Crippen molar-refractivity contribution in [3.05, 3.63) is 6.20 Å². The van der Waals surface area contributed by atoms with Gasteiger partial charge in [-0.1, -0.05) is 0 Å². The highest BCUT2D eigenvalue weighted by Crippen LogP contribution is 2.19. The van der Waals surface area contributed by atoms with Crippen LogP contribution in [0.3, 0.4) is 0 Å². The van der Waals surface area contributed by atoms with E-state index in [1.165, 1.54) is 7.11 Å². The molecule has 0 saturated carbocycles. The molecular weight excluding hydrogens is 184 g/mol. The zero-order valence-electron chi connectivity index (χ0n) is 6.70. The minimum Gasteiger partial charge on any atom is -0.479 e. The number of methoxy groups -OCH3 is 1. The first-order chi connectivity index (χ1) is 6.13. The average molecular weight is 191 g/mol. The van der Waals surface area contributed by atoms with Crippen molar-refractivity contribution in [1.82, 2.24) is 9.97 Å². The Morgan fingerprint density at radius 1 is 1.54 bits per heavy atom. The number of alkyl halides is 2. The van der Waals surface area contributed by atoms with Gasteiger partial charge in [-0.15, -0.1) is 0 Å². The lowest BCUT2D eigenvalue weighted by atomic mass is 10.5. The number of ether oxygens (including phenoxy) is 2. The third-order valence-corrected chi connectivity index (χ3v) is 1.15. The third-order valence-electron chi connectivity index (χ3n) is 1.15. The Morgan fingerprint density at radius 2 is 2.23 bits per heavy atom. The number of nitrogens with two attached hydrogens (primary N) is 1. The van der Waals surface area contributed by atoms with E-state index in [9.17, 15) is 8.78 Å². The lowest BCUT2D eigenvalue weighted by Crippen LogP contribution is -2.07. The second-order valence-corrected chi connectivity index (χ2v) is 2.00. The van der Waals surface area contributed by atoms with Crippen LogP contribution in [0, 0.1) is 0 Å². The van der Waals surface area contributed by atoms with Crippen molar-refractivity contribution in [3.63, 3.8) is 0 Å². The molecule has 13 heavy (non-hydrogen) atoms. The molecule has 5 nitrogen and oxygen atoms in total. The van der Waals surface area contributed by atoms with E-state index in [-0.39, 0.29) is 11.6 Å². The summed E-state index contributed by atoms with van der Waals surface area (Å²) in [6.45, 7) is -2.96. The van der Waals surface area contributed by atoms with Crippen molar-refractivity contribution in [3.8, 4) is 11.9 Å². The van der Waals surface area contributed by atoms with Crippen LogP contribution >= 0.6 is 0 Å².